The number of likely N-dealkylation sites (N-methyl/N-ethyl adjacent to an activating group) is 1. The highest BCUT2D eigenvalue weighted by Gasteiger charge is 2.25. The Morgan fingerprint density at radius 2 is 0.814 bits per heavy atom. The van der Waals surface area contributed by atoms with Gasteiger partial charge in [-0.1, -0.05) is 201 Å². The number of carboxylic acid groups (broad SMARTS) is 1. The van der Waals surface area contributed by atoms with Crippen LogP contribution in [0.3, 0.4) is 0 Å². The molecule has 0 aromatic rings. The van der Waals surface area contributed by atoms with Gasteiger partial charge in [-0.3, -0.25) is 9.59 Å². The number of ether oxygens (including phenoxy) is 4. The molecular weight excluding hydrogens is 875 g/mol. The highest BCUT2D eigenvalue weighted by atomic mass is 16.7. The molecule has 0 rings (SSSR count). The van der Waals surface area contributed by atoms with Crippen molar-refractivity contribution < 1.29 is 42.9 Å². The third-order valence-electron chi connectivity index (χ3n) is 11.6. The van der Waals surface area contributed by atoms with Gasteiger partial charge in [0.2, 0.25) is 0 Å². The summed E-state index contributed by atoms with van der Waals surface area (Å²) >= 11 is 0. The van der Waals surface area contributed by atoms with Gasteiger partial charge in [-0.25, -0.2) is 4.79 Å². The lowest BCUT2D eigenvalue weighted by molar-refractivity contribution is -0.870. The first-order chi connectivity index (χ1) is 34.1. The topological polar surface area (TPSA) is 108 Å². The molecule has 0 heterocycles. The van der Waals surface area contributed by atoms with Gasteiger partial charge in [-0.2, -0.15) is 0 Å². The molecule has 0 bridgehead atoms. The number of hydrogen-bond acceptors (Lipinski definition) is 7. The van der Waals surface area contributed by atoms with E-state index < -0.39 is 24.3 Å². The van der Waals surface area contributed by atoms with E-state index in [4.69, 9.17) is 18.9 Å². The van der Waals surface area contributed by atoms with Crippen molar-refractivity contribution >= 4 is 17.9 Å². The van der Waals surface area contributed by atoms with E-state index in [9.17, 15) is 19.5 Å². The van der Waals surface area contributed by atoms with Gasteiger partial charge in [0.25, 0.3) is 6.29 Å². The summed E-state index contributed by atoms with van der Waals surface area (Å²) in [5.41, 5.74) is 0. The zero-order valence-corrected chi connectivity index (χ0v) is 45.4. The fraction of sp³-hybridized carbons (Fsp3) is 0.689. The molecule has 0 saturated heterocycles. The molecule has 0 saturated carbocycles. The van der Waals surface area contributed by atoms with Gasteiger partial charge >= 0.3 is 17.9 Å². The van der Waals surface area contributed by atoms with E-state index in [1.54, 1.807) is 0 Å². The highest BCUT2D eigenvalue weighted by Crippen LogP contribution is 2.14. The Kier molecular flexibility index (Phi) is 48.8. The van der Waals surface area contributed by atoms with Crippen LogP contribution in [0.2, 0.25) is 0 Å². The largest absolute Gasteiger partial charge is 0.477 e. The molecule has 0 aliphatic rings. The fourth-order valence-corrected chi connectivity index (χ4v) is 7.28. The number of carboxylic acids is 1. The van der Waals surface area contributed by atoms with Gasteiger partial charge in [-0.15, -0.1) is 0 Å². The number of aliphatic carboxylic acids is 1. The number of rotatable bonds is 50. The van der Waals surface area contributed by atoms with E-state index in [0.29, 0.717) is 17.4 Å². The minimum atomic E-state index is -1.52. The zero-order chi connectivity index (χ0) is 51.3. The second-order valence-electron chi connectivity index (χ2n) is 19.5. The molecule has 2 unspecified atom stereocenters. The maximum atomic E-state index is 12.9. The Morgan fingerprint density at radius 3 is 1.21 bits per heavy atom. The summed E-state index contributed by atoms with van der Waals surface area (Å²) in [5.74, 6) is -2.04. The third-order valence-corrected chi connectivity index (χ3v) is 11.6. The summed E-state index contributed by atoms with van der Waals surface area (Å²) in [4.78, 5) is 37.4. The van der Waals surface area contributed by atoms with Crippen LogP contribution in [0.15, 0.2) is 97.2 Å². The maximum Gasteiger partial charge on any atom is 0.361 e. The maximum absolute atomic E-state index is 12.9. The summed E-state index contributed by atoms with van der Waals surface area (Å²) in [7, 11) is 5.95. The van der Waals surface area contributed by atoms with E-state index in [1.165, 1.54) is 70.6 Å². The molecule has 9 nitrogen and oxygen atoms in total. The number of esters is 2. The molecule has 0 aliphatic carbocycles. The van der Waals surface area contributed by atoms with Crippen LogP contribution >= 0.6 is 0 Å². The van der Waals surface area contributed by atoms with E-state index >= 15 is 0 Å². The minimum Gasteiger partial charge on any atom is -0.477 e. The van der Waals surface area contributed by atoms with Crippen LogP contribution in [0.5, 0.6) is 0 Å². The number of unbranched alkanes of at least 4 members (excludes halogenated alkanes) is 19. The predicted octanol–water partition coefficient (Wildman–Crippen LogP) is 16.2. The Hall–Kier alpha value is -3.79. The van der Waals surface area contributed by atoms with Gasteiger partial charge in [-0.05, 0) is 96.3 Å². The number of allylic oxidation sites excluding steroid dienone is 16. The van der Waals surface area contributed by atoms with Gasteiger partial charge < -0.3 is 28.5 Å². The van der Waals surface area contributed by atoms with Gasteiger partial charge in [0.1, 0.15) is 13.2 Å². The normalized spacial score (nSPS) is 13.6. The lowest BCUT2D eigenvalue weighted by Crippen LogP contribution is -2.40. The summed E-state index contributed by atoms with van der Waals surface area (Å²) in [6.45, 7) is 4.71. The number of carbonyl (C=O) groups is 3. The smallest absolute Gasteiger partial charge is 0.361 e. The Balaban J connectivity index is 4.28. The molecule has 0 amide bonds. The highest BCUT2D eigenvalue weighted by molar-refractivity contribution is 5.71. The van der Waals surface area contributed by atoms with Crippen molar-refractivity contribution in [1.29, 1.82) is 0 Å². The average molecular weight is 980 g/mol. The number of hydrogen-bond donors (Lipinski definition) is 1. The van der Waals surface area contributed by atoms with Crippen molar-refractivity contribution in [3.8, 4) is 0 Å². The minimum absolute atomic E-state index is 0.180. The number of nitrogens with zero attached hydrogens (tertiary/aromatic N) is 1. The molecule has 0 aromatic heterocycles. The monoisotopic (exact) mass is 979 g/mol. The summed E-state index contributed by atoms with van der Waals surface area (Å²) in [5, 5.41) is 9.69. The molecule has 400 valence electrons. The lowest BCUT2D eigenvalue weighted by Gasteiger charge is -2.25. The number of quaternary nitrogens is 1. The van der Waals surface area contributed by atoms with E-state index in [-0.39, 0.29) is 38.6 Å². The zero-order valence-electron chi connectivity index (χ0n) is 45.4. The first-order valence-electron chi connectivity index (χ1n) is 27.9. The second-order valence-corrected chi connectivity index (χ2v) is 19.5. The van der Waals surface area contributed by atoms with Crippen molar-refractivity contribution in [2.45, 2.75) is 225 Å². The molecule has 1 N–H and O–H groups in total. The van der Waals surface area contributed by atoms with Crippen molar-refractivity contribution in [3.63, 3.8) is 0 Å². The lowest BCUT2D eigenvalue weighted by atomic mass is 10.0. The van der Waals surface area contributed by atoms with Crippen LogP contribution in [-0.2, 0) is 33.3 Å². The van der Waals surface area contributed by atoms with Crippen molar-refractivity contribution in [1.82, 2.24) is 0 Å². The van der Waals surface area contributed by atoms with Crippen molar-refractivity contribution in [2.24, 2.45) is 0 Å². The SMILES string of the molecule is CC/C=C\C/C=C\C/C=C\C/C=C\C/C=C\C/C=C\CCCCCCCCCCCCC(=O)OC(COC(=O)CCCCCCC/C=C\C/C=C\CCCCCC)COC(OCC[N+](C)(C)C)C(=O)O. The summed E-state index contributed by atoms with van der Waals surface area (Å²) in [6.07, 6.45) is 66.2. The van der Waals surface area contributed by atoms with Crippen LogP contribution in [0.25, 0.3) is 0 Å². The van der Waals surface area contributed by atoms with E-state index in [0.717, 1.165) is 109 Å². The Labute approximate surface area is 429 Å². The fourth-order valence-electron chi connectivity index (χ4n) is 7.28. The molecule has 9 heteroatoms. The molecule has 0 radical (unpaired) electrons. The van der Waals surface area contributed by atoms with Crippen molar-refractivity contribution in [2.75, 3.05) is 47.5 Å². The molecule has 0 aliphatic heterocycles. The molecule has 0 spiro atoms. The quantitative estimate of drug-likeness (QED) is 0.0211. The first kappa shape index (κ1) is 66.2. The van der Waals surface area contributed by atoms with Gasteiger partial charge in [0.05, 0.1) is 34.4 Å². The van der Waals surface area contributed by atoms with Crippen LogP contribution in [0.4, 0.5) is 0 Å². The van der Waals surface area contributed by atoms with Crippen molar-refractivity contribution in [3.05, 3.63) is 97.2 Å². The molecule has 2 atom stereocenters. The second kappa shape index (κ2) is 51.6. The molecule has 0 fully saturated rings. The van der Waals surface area contributed by atoms with E-state index in [1.807, 2.05) is 21.1 Å². The van der Waals surface area contributed by atoms with Crippen LogP contribution in [0, 0.1) is 0 Å². The predicted molar refractivity (Wildman–Crippen MR) is 295 cm³/mol. The van der Waals surface area contributed by atoms with Crippen LogP contribution < -0.4 is 0 Å². The Bertz CT molecular complexity index is 1470. The average Bonchev–Trinajstić information content (AvgIpc) is 3.33. The molecule has 0 aromatic carbocycles. The Morgan fingerprint density at radius 1 is 0.443 bits per heavy atom. The molecule has 70 heavy (non-hydrogen) atoms. The van der Waals surface area contributed by atoms with Crippen LogP contribution in [-0.4, -0.2) is 87.4 Å². The number of carbonyl (C=O) groups excluding carboxylic acids is 2. The summed E-state index contributed by atoms with van der Waals surface area (Å²) in [6, 6.07) is 0. The molecular formula is C61H104NO8+. The van der Waals surface area contributed by atoms with Gasteiger partial charge in [0.15, 0.2) is 6.10 Å². The summed E-state index contributed by atoms with van der Waals surface area (Å²) < 4.78 is 22.8. The standard InChI is InChI=1S/C61H103NO8/c1-6-8-10-12-14-16-18-20-22-24-25-26-27-28-29-30-31-32-33-34-35-36-38-40-42-44-46-48-50-52-59(64)70-57(56-69-61(60(65)66)67-54-53-62(3,4)5)55-68-58(63)51-49-47-45-43-41-39-37-23-21-19-17-15-13-11-9-7-2/h8,10,14,16-17,19-20,22-23,25-26,28-29,31-32,37,57,61H,6-7,9,11-13,15,18,21,24,27,30,33-36,38-56H2,1-5H3/p+1/b10-8-,16-14-,19-17-,22-20-,26-25-,29-28-,32-31-,37-23-. The first-order valence-corrected chi connectivity index (χ1v) is 27.9. The van der Waals surface area contributed by atoms with Crippen LogP contribution in [0.1, 0.15) is 213 Å². The third kappa shape index (κ3) is 52.0. The van der Waals surface area contributed by atoms with E-state index in [2.05, 4.69) is 111 Å². The van der Waals surface area contributed by atoms with Gasteiger partial charge in [0, 0.05) is 12.8 Å².